The summed E-state index contributed by atoms with van der Waals surface area (Å²) in [6.45, 7) is 65.5. The number of carbonyl (C=O) groups is 8. The van der Waals surface area contributed by atoms with Crippen molar-refractivity contribution in [3.05, 3.63) is 269 Å². The highest BCUT2D eigenvalue weighted by molar-refractivity contribution is 6.01. The van der Waals surface area contributed by atoms with E-state index >= 15 is 0 Å². The molecule has 3 aliphatic rings. The number of ether oxygens (including phenoxy) is 1. The fraction of sp³-hybridized carbons (Fsp3) is 0.417. The molecule has 1 aliphatic carbocycles. The third-order valence-electron chi connectivity index (χ3n) is 19.2. The van der Waals surface area contributed by atoms with Crippen molar-refractivity contribution in [3.63, 3.8) is 0 Å². The minimum absolute atomic E-state index is 0.00688. The van der Waals surface area contributed by atoms with Gasteiger partial charge in [-0.25, -0.2) is 19.0 Å². The third-order valence-corrected chi connectivity index (χ3v) is 19.2. The van der Waals surface area contributed by atoms with Gasteiger partial charge in [0, 0.05) is 109 Å². The van der Waals surface area contributed by atoms with Gasteiger partial charge in [-0.05, 0) is 190 Å². The summed E-state index contributed by atoms with van der Waals surface area (Å²) in [5.41, 5.74) is 8.59. The lowest BCUT2D eigenvalue weighted by Crippen LogP contribution is -2.40. The second-order valence-electron chi connectivity index (χ2n) is 31.2. The second kappa shape index (κ2) is 54.2. The Kier molecular flexibility index (Phi) is 47.0. The maximum Gasteiger partial charge on any atom is 0.333 e. The molecule has 1 saturated heterocycles. The molecule has 6 aromatic rings. The molecule has 3 atom stereocenters. The predicted molar refractivity (Wildman–Crippen MR) is 475 cm³/mol. The number of piperidine rings is 1. The van der Waals surface area contributed by atoms with Crippen molar-refractivity contribution >= 4 is 76.6 Å². The van der Waals surface area contributed by atoms with Crippen molar-refractivity contribution in [3.8, 4) is 5.69 Å². The van der Waals surface area contributed by atoms with Crippen LogP contribution in [0.1, 0.15) is 233 Å². The van der Waals surface area contributed by atoms with Gasteiger partial charge >= 0.3 is 5.97 Å². The number of ketones is 3. The monoisotopic (exact) mass is 1610 g/mol. The fourth-order valence-corrected chi connectivity index (χ4v) is 11.8. The number of nitro groups is 1. The van der Waals surface area contributed by atoms with E-state index in [1.807, 2.05) is 111 Å². The van der Waals surface area contributed by atoms with E-state index in [4.69, 9.17) is 11.3 Å². The quantitative estimate of drug-likeness (QED) is 0.0109. The van der Waals surface area contributed by atoms with E-state index in [0.29, 0.717) is 64.4 Å². The van der Waals surface area contributed by atoms with Crippen molar-refractivity contribution in [1.29, 1.82) is 0 Å². The van der Waals surface area contributed by atoms with Crippen LogP contribution in [-0.4, -0.2) is 120 Å². The molecule has 1 saturated carbocycles. The summed E-state index contributed by atoms with van der Waals surface area (Å²) >= 11 is 0. The number of nitrogens with zero attached hydrogens (tertiary/aromatic N) is 8. The van der Waals surface area contributed by atoms with Crippen LogP contribution in [0.3, 0.4) is 0 Å². The van der Waals surface area contributed by atoms with Crippen LogP contribution in [0.4, 0.5) is 15.8 Å². The molecule has 0 spiro atoms. The summed E-state index contributed by atoms with van der Waals surface area (Å²) in [4.78, 5) is 121. The number of Topliss-reactive ketones (excluding diaryl/α,β-unsaturated/α-hetero) is 3. The lowest BCUT2D eigenvalue weighted by molar-refractivity contribution is -0.385. The molecule has 3 aromatic carbocycles. The van der Waals surface area contributed by atoms with Gasteiger partial charge in [-0.3, -0.25) is 53.6 Å². The molecule has 2 fully saturated rings. The highest BCUT2D eigenvalue weighted by Gasteiger charge is 2.28. The minimum Gasteiger partial charge on any atom is -0.459 e. The number of hydrogen-bond donors (Lipinski definition) is 2. The van der Waals surface area contributed by atoms with Gasteiger partial charge in [0.25, 0.3) is 11.6 Å². The number of anilines is 1. The first kappa shape index (κ1) is 102. The summed E-state index contributed by atoms with van der Waals surface area (Å²) in [6, 6.07) is 25.2. The van der Waals surface area contributed by atoms with E-state index in [0.717, 1.165) is 104 Å². The van der Waals surface area contributed by atoms with Gasteiger partial charge in [-0.15, -0.1) is 0 Å². The largest absolute Gasteiger partial charge is 0.459 e. The number of hydrogen-bond acceptors (Lipinski definition) is 14. The van der Waals surface area contributed by atoms with Crippen LogP contribution in [0.2, 0.25) is 0 Å². The molecule has 5 heterocycles. The van der Waals surface area contributed by atoms with Crippen LogP contribution in [0.5, 0.6) is 0 Å². The zero-order valence-electron chi connectivity index (χ0n) is 72.6. The Morgan fingerprint density at radius 3 is 1.85 bits per heavy atom. The van der Waals surface area contributed by atoms with Crippen molar-refractivity contribution in [1.82, 2.24) is 34.6 Å². The molecule has 3 unspecified atom stereocenters. The maximum atomic E-state index is 12.9. The van der Waals surface area contributed by atoms with Crippen LogP contribution in [0, 0.1) is 75.8 Å². The molecule has 634 valence electrons. The van der Waals surface area contributed by atoms with Gasteiger partial charge in [-0.1, -0.05) is 192 Å². The smallest absolute Gasteiger partial charge is 0.333 e. The number of imidazole rings is 1. The molecule has 21 nitrogen and oxygen atoms in total. The summed E-state index contributed by atoms with van der Waals surface area (Å²) < 4.78 is 20.1. The van der Waals surface area contributed by atoms with E-state index in [-0.39, 0.29) is 76.3 Å². The lowest BCUT2D eigenvalue weighted by Gasteiger charge is -2.34. The number of esters is 1. The Morgan fingerprint density at radius 2 is 1.29 bits per heavy atom. The van der Waals surface area contributed by atoms with Crippen LogP contribution in [0.25, 0.3) is 28.8 Å². The fourth-order valence-electron chi connectivity index (χ4n) is 11.8. The molecule has 118 heavy (non-hydrogen) atoms. The molecule has 2 aliphatic heterocycles. The van der Waals surface area contributed by atoms with Crippen molar-refractivity contribution in [2.75, 3.05) is 38.0 Å². The van der Waals surface area contributed by atoms with Crippen LogP contribution < -0.4 is 10.6 Å². The number of rotatable bonds is 24. The van der Waals surface area contributed by atoms with E-state index in [1.165, 1.54) is 43.2 Å². The Labute approximate surface area is 700 Å². The van der Waals surface area contributed by atoms with Crippen molar-refractivity contribution < 1.29 is 52.4 Å². The average molecular weight is 1620 g/mol. The Hall–Kier alpha value is -11.7. The number of carbonyl (C=O) groups excluding carboxylic acids is 8. The SMILES string of the molecule is C=C(C)C(=O)OC1CCCC(C(C)C)C1.C=CC(=O)N1CCC=C(C(C)C)C1.C=CC(=O)N1CCCC(C(C)C)C1.C=Cc1cc(C(=O)C(C)C)ccn1.C=Cc1ccnc(C(=O)C(C)C)c1.C=Cc1cn(-c2cccc(NC(=O)C(C)C)c2)cn1.CC(C)C(=O)c1cc(F)ccc1[N+](=O)[O-].[C-]#[N+]/C=C/CNC(=O)c1cccc(C(C)C)c1. The number of halogens is 1. The van der Waals surface area contributed by atoms with Gasteiger partial charge < -0.3 is 29.7 Å². The maximum absolute atomic E-state index is 12.9. The standard InChI is InChI=1S/C15H17N3O.C14H16N2O.C13H22O2.2C11H13NO.C11H19NO.C11H17NO.C10H10FNO3/c1-4-12-9-18(10-16-12)14-7-5-6-13(8-14)17-15(19)11(2)3;1-11(2)12-6-4-7-13(10-12)14(17)16-9-5-8-15-3;1-9(2)11-6-5-7-12(8-11)15-13(14)10(3)4;1-4-10-7-9(5-6-12-10)11(13)8(2)3;1-4-9-5-6-12-10(7-9)11(13)8(2)3;2*1-4-11(13)12-7-5-6-10(8-12)9(2)3;1-6(2)10(13)8-5-7(11)3-4-9(8)12(14)15/h4-11H,1H2,2-3H3,(H,17,19);4-8,10-11H,9H2,1-2H3,(H,16,17);9,11-12H,3,5-8H2,1-2,4H3;2*4-8H,1H2,2-3H3;4,9-10H,1,5-8H2,2-3H3;4,6,9H,1,5,7-8H2,2-3H3;3-6H,1-2H3/b;8-5+;;;;;;. The Balaban J connectivity index is 0.000000459. The molecule has 0 bridgehead atoms. The van der Waals surface area contributed by atoms with Gasteiger partial charge in [0.1, 0.15) is 17.6 Å². The van der Waals surface area contributed by atoms with E-state index < -0.39 is 22.4 Å². The molecular formula is C96H127FN10O11. The lowest BCUT2D eigenvalue weighted by atomic mass is 9.80. The van der Waals surface area contributed by atoms with Crippen LogP contribution in [-0.2, 0) is 23.9 Å². The zero-order valence-corrected chi connectivity index (χ0v) is 72.6. The summed E-state index contributed by atoms with van der Waals surface area (Å²) in [5, 5.41) is 16.2. The first-order valence-electron chi connectivity index (χ1n) is 40.4. The van der Waals surface area contributed by atoms with E-state index in [2.05, 4.69) is 131 Å². The minimum atomic E-state index is -0.685. The Bertz CT molecular complexity index is 4390. The Morgan fingerprint density at radius 1 is 0.661 bits per heavy atom. The number of pyridine rings is 2. The van der Waals surface area contributed by atoms with Crippen molar-refractivity contribution in [2.24, 2.45) is 53.3 Å². The number of nitrogens with one attached hydrogen (secondary N) is 2. The van der Waals surface area contributed by atoms with Gasteiger partial charge in [-0.2, -0.15) is 0 Å². The number of nitro benzene ring substituents is 1. The first-order valence-corrected chi connectivity index (χ1v) is 40.4. The van der Waals surface area contributed by atoms with E-state index in [1.54, 1.807) is 88.1 Å². The normalized spacial score (nSPS) is 14.6. The molecule has 2 N–H and O–H groups in total. The summed E-state index contributed by atoms with van der Waals surface area (Å²) in [6.07, 6.45) is 27.9. The highest BCUT2D eigenvalue weighted by atomic mass is 19.1. The molecule has 22 heteroatoms. The number of benzene rings is 3. The predicted octanol–water partition coefficient (Wildman–Crippen LogP) is 21.2. The molecule has 0 radical (unpaired) electrons. The molecule has 9 rings (SSSR count). The topological polar surface area (TPSA) is 267 Å². The van der Waals surface area contributed by atoms with Crippen LogP contribution >= 0.6 is 0 Å². The summed E-state index contributed by atoms with van der Waals surface area (Å²) in [5.74, 6) is 2.24. The third kappa shape index (κ3) is 37.5. The van der Waals surface area contributed by atoms with E-state index in [9.17, 15) is 52.9 Å². The summed E-state index contributed by atoms with van der Waals surface area (Å²) in [7, 11) is 0. The molecule has 3 aromatic heterocycles. The number of likely N-dealkylation sites (tertiary alicyclic amines) is 1. The second-order valence-corrected chi connectivity index (χ2v) is 31.2. The van der Waals surface area contributed by atoms with Gasteiger partial charge in [0.05, 0.1) is 34.8 Å². The zero-order chi connectivity index (χ0) is 88.9. The van der Waals surface area contributed by atoms with Gasteiger partial charge in [0.2, 0.25) is 17.7 Å². The van der Waals surface area contributed by atoms with Crippen LogP contribution in [0.15, 0.2) is 197 Å². The molecular weight excluding hydrogens is 1490 g/mol. The van der Waals surface area contributed by atoms with Crippen molar-refractivity contribution in [2.45, 2.75) is 175 Å². The first-order chi connectivity index (χ1) is 55.8. The van der Waals surface area contributed by atoms with Gasteiger partial charge in [0.15, 0.2) is 23.5 Å². The molecule has 4 amide bonds. The number of aromatic nitrogens is 4. The highest BCUT2D eigenvalue weighted by Crippen LogP contribution is 2.32. The average Bonchev–Trinajstić information content (AvgIpc) is 1.18. The number of amides is 4.